The molecule has 4 aromatic rings. The van der Waals surface area contributed by atoms with Crippen molar-refractivity contribution in [3.8, 4) is 11.3 Å². The van der Waals surface area contributed by atoms with E-state index < -0.39 is 0 Å². The Hall–Kier alpha value is -3.61. The number of benzene rings is 1. The van der Waals surface area contributed by atoms with Gasteiger partial charge in [0.25, 0.3) is 5.91 Å². The molecule has 0 unspecified atom stereocenters. The largest absolute Gasteiger partial charge is 0.352 e. The maximum Gasteiger partial charge on any atom is 0.252 e. The fourth-order valence-electron chi connectivity index (χ4n) is 2.75. The number of nitrogens with one attached hydrogen (secondary N) is 1. The third kappa shape index (κ3) is 3.82. The van der Waals surface area contributed by atoms with E-state index in [0.29, 0.717) is 35.6 Å². The standard InChI is InChI=1S/C20H16FN5O/c21-16-4-1-3-14(11-16)18-6-5-15(12-24-18)19(27)22-9-7-17-13-26-10-2-8-23-20(26)25-17/h1-6,8,10-13H,7,9H2,(H,22,27). The van der Waals surface area contributed by atoms with Crippen molar-refractivity contribution in [1.82, 2.24) is 24.7 Å². The molecule has 7 heteroatoms. The Morgan fingerprint density at radius 3 is 2.85 bits per heavy atom. The van der Waals surface area contributed by atoms with E-state index in [9.17, 15) is 9.18 Å². The van der Waals surface area contributed by atoms with Crippen LogP contribution in [0.5, 0.6) is 0 Å². The number of halogens is 1. The third-order valence-corrected chi connectivity index (χ3v) is 4.10. The number of amides is 1. The maximum absolute atomic E-state index is 13.3. The summed E-state index contributed by atoms with van der Waals surface area (Å²) in [6.45, 7) is 0.453. The molecule has 134 valence electrons. The van der Waals surface area contributed by atoms with Crippen LogP contribution in [0.1, 0.15) is 16.1 Å². The van der Waals surface area contributed by atoms with E-state index >= 15 is 0 Å². The predicted molar refractivity (Wildman–Crippen MR) is 98.7 cm³/mol. The van der Waals surface area contributed by atoms with E-state index in [1.54, 1.807) is 30.5 Å². The molecule has 0 aliphatic heterocycles. The molecule has 0 radical (unpaired) electrons. The lowest BCUT2D eigenvalue weighted by Gasteiger charge is -2.05. The summed E-state index contributed by atoms with van der Waals surface area (Å²) in [6.07, 6.45) is 7.55. The van der Waals surface area contributed by atoms with Crippen LogP contribution in [0, 0.1) is 5.82 Å². The van der Waals surface area contributed by atoms with Crippen molar-refractivity contribution in [2.75, 3.05) is 6.54 Å². The Morgan fingerprint density at radius 1 is 1.15 bits per heavy atom. The van der Waals surface area contributed by atoms with E-state index in [0.717, 1.165) is 5.69 Å². The summed E-state index contributed by atoms with van der Waals surface area (Å²) in [6, 6.07) is 11.4. The summed E-state index contributed by atoms with van der Waals surface area (Å²) in [4.78, 5) is 25.1. The molecule has 1 aromatic carbocycles. The van der Waals surface area contributed by atoms with Crippen molar-refractivity contribution in [1.29, 1.82) is 0 Å². The SMILES string of the molecule is O=C(NCCc1cn2cccnc2n1)c1ccc(-c2cccc(F)c2)nc1. The molecule has 6 nitrogen and oxygen atoms in total. The maximum atomic E-state index is 13.3. The van der Waals surface area contributed by atoms with Gasteiger partial charge >= 0.3 is 0 Å². The Balaban J connectivity index is 1.36. The summed E-state index contributed by atoms with van der Waals surface area (Å²) in [5.74, 6) is 0.101. The molecule has 0 aliphatic carbocycles. The summed E-state index contributed by atoms with van der Waals surface area (Å²) < 4.78 is 15.1. The van der Waals surface area contributed by atoms with Crippen LogP contribution in [0.25, 0.3) is 17.0 Å². The van der Waals surface area contributed by atoms with Gasteiger partial charge in [0.2, 0.25) is 5.78 Å². The number of carbonyl (C=O) groups is 1. The van der Waals surface area contributed by atoms with Crippen molar-refractivity contribution >= 4 is 11.7 Å². The highest BCUT2D eigenvalue weighted by Gasteiger charge is 2.08. The van der Waals surface area contributed by atoms with Crippen molar-refractivity contribution < 1.29 is 9.18 Å². The predicted octanol–water partition coefficient (Wildman–Crippen LogP) is 2.90. The van der Waals surface area contributed by atoms with E-state index in [1.165, 1.54) is 18.3 Å². The van der Waals surface area contributed by atoms with Gasteiger partial charge in [0.05, 0.1) is 17.0 Å². The summed E-state index contributed by atoms with van der Waals surface area (Å²) in [7, 11) is 0. The minimum absolute atomic E-state index is 0.213. The Bertz CT molecular complexity index is 1060. The zero-order valence-corrected chi connectivity index (χ0v) is 14.3. The van der Waals surface area contributed by atoms with Gasteiger partial charge in [-0.2, -0.15) is 0 Å². The number of pyridine rings is 1. The Labute approximate surface area is 154 Å². The van der Waals surface area contributed by atoms with Gasteiger partial charge in [-0.05, 0) is 30.3 Å². The fourth-order valence-corrected chi connectivity index (χ4v) is 2.75. The van der Waals surface area contributed by atoms with E-state index in [-0.39, 0.29) is 11.7 Å². The molecule has 1 N–H and O–H groups in total. The molecule has 0 saturated heterocycles. The fraction of sp³-hybridized carbons (Fsp3) is 0.100. The molecule has 0 spiro atoms. The van der Waals surface area contributed by atoms with Crippen LogP contribution >= 0.6 is 0 Å². The smallest absolute Gasteiger partial charge is 0.252 e. The van der Waals surface area contributed by atoms with Crippen LogP contribution in [-0.2, 0) is 6.42 Å². The third-order valence-electron chi connectivity index (χ3n) is 4.10. The molecule has 1 amide bonds. The molecule has 0 bridgehead atoms. The Kier molecular flexibility index (Phi) is 4.57. The zero-order valence-electron chi connectivity index (χ0n) is 14.3. The first-order valence-electron chi connectivity index (χ1n) is 8.48. The lowest BCUT2D eigenvalue weighted by atomic mass is 10.1. The number of aromatic nitrogens is 4. The van der Waals surface area contributed by atoms with Gasteiger partial charge in [0, 0.05) is 43.3 Å². The van der Waals surface area contributed by atoms with Gasteiger partial charge < -0.3 is 5.32 Å². The minimum Gasteiger partial charge on any atom is -0.352 e. The highest BCUT2D eigenvalue weighted by atomic mass is 19.1. The first-order chi connectivity index (χ1) is 13.2. The molecular formula is C20H16FN5O. The quantitative estimate of drug-likeness (QED) is 0.593. The van der Waals surface area contributed by atoms with Gasteiger partial charge in [-0.15, -0.1) is 0 Å². The molecule has 0 atom stereocenters. The summed E-state index contributed by atoms with van der Waals surface area (Å²) in [5.41, 5.74) is 2.59. The van der Waals surface area contributed by atoms with Crippen molar-refractivity contribution in [2.24, 2.45) is 0 Å². The van der Waals surface area contributed by atoms with Gasteiger partial charge in [0.1, 0.15) is 5.82 Å². The normalized spacial score (nSPS) is 10.9. The van der Waals surface area contributed by atoms with Crippen LogP contribution in [0.3, 0.4) is 0 Å². The molecule has 4 rings (SSSR count). The number of carbonyl (C=O) groups excluding carboxylic acids is 1. The van der Waals surface area contributed by atoms with Gasteiger partial charge in [-0.1, -0.05) is 12.1 Å². The monoisotopic (exact) mass is 361 g/mol. The molecule has 3 aromatic heterocycles. The second kappa shape index (κ2) is 7.33. The first kappa shape index (κ1) is 16.8. The Morgan fingerprint density at radius 2 is 2.07 bits per heavy atom. The molecule has 0 fully saturated rings. The lowest BCUT2D eigenvalue weighted by Crippen LogP contribution is -2.25. The van der Waals surface area contributed by atoms with E-state index in [1.807, 2.05) is 22.9 Å². The molecule has 0 aliphatic rings. The topological polar surface area (TPSA) is 72.2 Å². The zero-order chi connectivity index (χ0) is 18.6. The van der Waals surface area contributed by atoms with Crippen molar-refractivity contribution in [3.63, 3.8) is 0 Å². The number of nitrogens with zero attached hydrogens (tertiary/aromatic N) is 4. The van der Waals surface area contributed by atoms with Gasteiger partial charge in [-0.3, -0.25) is 14.2 Å². The average molecular weight is 361 g/mol. The van der Waals surface area contributed by atoms with Crippen LogP contribution in [0.4, 0.5) is 4.39 Å². The van der Waals surface area contributed by atoms with Gasteiger partial charge in [-0.25, -0.2) is 14.4 Å². The van der Waals surface area contributed by atoms with Crippen LogP contribution in [-0.4, -0.2) is 31.8 Å². The highest BCUT2D eigenvalue weighted by Crippen LogP contribution is 2.17. The molecule has 27 heavy (non-hydrogen) atoms. The number of imidazole rings is 1. The highest BCUT2D eigenvalue weighted by molar-refractivity contribution is 5.94. The number of rotatable bonds is 5. The number of hydrogen-bond acceptors (Lipinski definition) is 4. The second-order valence-electron chi connectivity index (χ2n) is 6.01. The molecular weight excluding hydrogens is 345 g/mol. The van der Waals surface area contributed by atoms with E-state index in [4.69, 9.17) is 0 Å². The van der Waals surface area contributed by atoms with Crippen LogP contribution in [0.15, 0.2) is 67.3 Å². The molecule has 0 saturated carbocycles. The lowest BCUT2D eigenvalue weighted by molar-refractivity contribution is 0.0953. The number of fused-ring (bicyclic) bond motifs is 1. The van der Waals surface area contributed by atoms with Crippen LogP contribution < -0.4 is 5.32 Å². The number of hydrogen-bond donors (Lipinski definition) is 1. The van der Waals surface area contributed by atoms with Crippen molar-refractivity contribution in [2.45, 2.75) is 6.42 Å². The first-order valence-corrected chi connectivity index (χ1v) is 8.48. The minimum atomic E-state index is -0.321. The van der Waals surface area contributed by atoms with Crippen LogP contribution in [0.2, 0.25) is 0 Å². The second-order valence-corrected chi connectivity index (χ2v) is 6.01. The van der Waals surface area contributed by atoms with Gasteiger partial charge in [0.15, 0.2) is 0 Å². The van der Waals surface area contributed by atoms with E-state index in [2.05, 4.69) is 20.3 Å². The summed E-state index contributed by atoms with van der Waals surface area (Å²) >= 11 is 0. The summed E-state index contributed by atoms with van der Waals surface area (Å²) in [5, 5.41) is 2.85. The molecule has 3 heterocycles. The average Bonchev–Trinajstić information content (AvgIpc) is 3.11. The van der Waals surface area contributed by atoms with Crippen molar-refractivity contribution in [3.05, 3.63) is 84.3 Å².